The molecule has 78 valence electrons. The molecule has 0 spiro atoms. The third kappa shape index (κ3) is 2.48. The summed E-state index contributed by atoms with van der Waals surface area (Å²) in [6.07, 6.45) is -0.0644. The third-order valence-corrected chi connectivity index (χ3v) is 1.95. The highest BCUT2D eigenvalue weighted by molar-refractivity contribution is 5.20. The van der Waals surface area contributed by atoms with Gasteiger partial charge in [-0.25, -0.2) is 13.2 Å². The van der Waals surface area contributed by atoms with E-state index in [1.54, 1.807) is 6.92 Å². The molecule has 0 aliphatic rings. The van der Waals surface area contributed by atoms with E-state index in [0.29, 0.717) is 6.42 Å². The molecule has 1 atom stereocenters. The third-order valence-electron chi connectivity index (χ3n) is 1.95. The zero-order valence-corrected chi connectivity index (χ0v) is 7.73. The number of aliphatic hydroxyl groups excluding tert-OH is 1. The van der Waals surface area contributed by atoms with Crippen molar-refractivity contribution in [1.29, 1.82) is 0 Å². The maximum Gasteiger partial charge on any atom is 0.194 e. The van der Waals surface area contributed by atoms with Gasteiger partial charge in [0.15, 0.2) is 17.5 Å². The number of hydrogen-bond acceptors (Lipinski definition) is 1. The standard InChI is InChI=1S/C10H11F3O/c1-6(14)2-3-7-4-5-8(11)10(13)9(7)12/h4-6,14H,2-3H2,1H3. The fraction of sp³-hybridized carbons (Fsp3) is 0.400. The van der Waals surface area contributed by atoms with Crippen molar-refractivity contribution >= 4 is 0 Å². The van der Waals surface area contributed by atoms with Crippen molar-refractivity contribution in [2.24, 2.45) is 0 Å². The first-order valence-electron chi connectivity index (χ1n) is 4.32. The van der Waals surface area contributed by atoms with Crippen molar-refractivity contribution in [2.75, 3.05) is 0 Å². The lowest BCUT2D eigenvalue weighted by atomic mass is 10.1. The zero-order valence-electron chi connectivity index (χ0n) is 7.73. The highest BCUT2D eigenvalue weighted by Gasteiger charge is 2.13. The summed E-state index contributed by atoms with van der Waals surface area (Å²) in [5.41, 5.74) is 0.0878. The lowest BCUT2D eigenvalue weighted by molar-refractivity contribution is 0.184. The van der Waals surface area contributed by atoms with E-state index in [1.807, 2.05) is 0 Å². The minimum Gasteiger partial charge on any atom is -0.393 e. The van der Waals surface area contributed by atoms with Crippen LogP contribution in [0.3, 0.4) is 0 Å². The number of aliphatic hydroxyl groups is 1. The number of benzene rings is 1. The van der Waals surface area contributed by atoms with Crippen molar-refractivity contribution in [2.45, 2.75) is 25.9 Å². The van der Waals surface area contributed by atoms with Crippen molar-refractivity contribution in [3.05, 3.63) is 35.1 Å². The largest absolute Gasteiger partial charge is 0.393 e. The second-order valence-electron chi connectivity index (χ2n) is 3.22. The molecule has 1 unspecified atom stereocenters. The van der Waals surface area contributed by atoms with Gasteiger partial charge in [0.05, 0.1) is 6.10 Å². The molecule has 0 saturated carbocycles. The second-order valence-corrected chi connectivity index (χ2v) is 3.22. The minimum absolute atomic E-state index is 0.0878. The van der Waals surface area contributed by atoms with Crippen LogP contribution in [0.1, 0.15) is 18.9 Å². The fourth-order valence-electron chi connectivity index (χ4n) is 1.12. The van der Waals surface area contributed by atoms with Crippen LogP contribution in [0.2, 0.25) is 0 Å². The van der Waals surface area contributed by atoms with E-state index in [9.17, 15) is 13.2 Å². The van der Waals surface area contributed by atoms with Gasteiger partial charge in [-0.15, -0.1) is 0 Å². The topological polar surface area (TPSA) is 20.2 Å². The van der Waals surface area contributed by atoms with Crippen LogP contribution >= 0.6 is 0 Å². The molecular weight excluding hydrogens is 193 g/mol. The Hall–Kier alpha value is -1.03. The quantitative estimate of drug-likeness (QED) is 0.749. The van der Waals surface area contributed by atoms with Gasteiger partial charge in [0.2, 0.25) is 0 Å². The Kier molecular flexibility index (Phi) is 3.52. The van der Waals surface area contributed by atoms with E-state index in [1.165, 1.54) is 6.07 Å². The Labute approximate surface area is 80.2 Å². The summed E-state index contributed by atoms with van der Waals surface area (Å²) in [4.78, 5) is 0. The molecule has 0 radical (unpaired) electrons. The highest BCUT2D eigenvalue weighted by Crippen LogP contribution is 2.16. The summed E-state index contributed by atoms with van der Waals surface area (Å²) in [6.45, 7) is 1.55. The molecule has 1 N–H and O–H groups in total. The van der Waals surface area contributed by atoms with E-state index < -0.39 is 23.6 Å². The second kappa shape index (κ2) is 4.46. The molecule has 0 saturated heterocycles. The number of hydrogen-bond donors (Lipinski definition) is 1. The highest BCUT2D eigenvalue weighted by atomic mass is 19.2. The number of aryl methyl sites for hydroxylation is 1. The molecule has 0 bridgehead atoms. The van der Waals surface area contributed by atoms with Crippen LogP contribution < -0.4 is 0 Å². The first-order valence-corrected chi connectivity index (χ1v) is 4.32. The predicted octanol–water partition coefficient (Wildman–Crippen LogP) is 2.42. The molecule has 0 heterocycles. The molecule has 0 aliphatic heterocycles. The summed E-state index contributed by atoms with van der Waals surface area (Å²) in [6, 6.07) is 2.08. The minimum atomic E-state index is -1.45. The van der Waals surface area contributed by atoms with Crippen molar-refractivity contribution in [1.82, 2.24) is 0 Å². The van der Waals surface area contributed by atoms with Crippen LogP contribution in [-0.2, 0) is 6.42 Å². The van der Waals surface area contributed by atoms with Gasteiger partial charge < -0.3 is 5.11 Å². The SMILES string of the molecule is CC(O)CCc1ccc(F)c(F)c1F. The molecule has 1 nitrogen and oxygen atoms in total. The van der Waals surface area contributed by atoms with Gasteiger partial charge in [0.1, 0.15) is 0 Å². The maximum atomic E-state index is 13.0. The lowest BCUT2D eigenvalue weighted by Crippen LogP contribution is -2.04. The van der Waals surface area contributed by atoms with Crippen LogP contribution in [0.15, 0.2) is 12.1 Å². The van der Waals surface area contributed by atoms with Gasteiger partial charge in [-0.2, -0.15) is 0 Å². The first-order chi connectivity index (χ1) is 6.52. The summed E-state index contributed by atoms with van der Waals surface area (Å²) in [5.74, 6) is -3.80. The number of halogens is 3. The van der Waals surface area contributed by atoms with Crippen LogP contribution in [0, 0.1) is 17.5 Å². The Morgan fingerprint density at radius 2 is 1.86 bits per heavy atom. The Morgan fingerprint density at radius 3 is 2.43 bits per heavy atom. The average Bonchev–Trinajstić information content (AvgIpc) is 2.13. The van der Waals surface area contributed by atoms with Gasteiger partial charge in [-0.1, -0.05) is 6.07 Å². The predicted molar refractivity (Wildman–Crippen MR) is 46.3 cm³/mol. The van der Waals surface area contributed by atoms with E-state index in [-0.39, 0.29) is 12.0 Å². The van der Waals surface area contributed by atoms with E-state index in [0.717, 1.165) is 6.07 Å². The molecular formula is C10H11F3O. The van der Waals surface area contributed by atoms with Crippen LogP contribution in [-0.4, -0.2) is 11.2 Å². The lowest BCUT2D eigenvalue weighted by Gasteiger charge is -2.06. The van der Waals surface area contributed by atoms with Crippen LogP contribution in [0.4, 0.5) is 13.2 Å². The zero-order chi connectivity index (χ0) is 10.7. The Bertz CT molecular complexity index is 323. The summed E-state index contributed by atoms with van der Waals surface area (Å²) >= 11 is 0. The van der Waals surface area contributed by atoms with Gasteiger partial charge >= 0.3 is 0 Å². The molecule has 0 aromatic heterocycles. The molecule has 1 aromatic rings. The van der Waals surface area contributed by atoms with E-state index >= 15 is 0 Å². The molecule has 1 rings (SSSR count). The molecule has 0 aliphatic carbocycles. The van der Waals surface area contributed by atoms with Crippen molar-refractivity contribution in [3.63, 3.8) is 0 Å². The molecule has 4 heteroatoms. The summed E-state index contributed by atoms with van der Waals surface area (Å²) < 4.78 is 38.2. The first kappa shape index (κ1) is 11.0. The molecule has 0 fully saturated rings. The van der Waals surface area contributed by atoms with Crippen LogP contribution in [0.5, 0.6) is 0 Å². The van der Waals surface area contributed by atoms with E-state index in [2.05, 4.69) is 0 Å². The normalized spacial score (nSPS) is 12.9. The average molecular weight is 204 g/mol. The molecule has 1 aromatic carbocycles. The Morgan fingerprint density at radius 1 is 1.21 bits per heavy atom. The molecule has 14 heavy (non-hydrogen) atoms. The number of rotatable bonds is 3. The van der Waals surface area contributed by atoms with Gasteiger partial charge in [-0.05, 0) is 31.4 Å². The Balaban J connectivity index is 2.83. The fourth-order valence-corrected chi connectivity index (χ4v) is 1.12. The van der Waals surface area contributed by atoms with Crippen LogP contribution in [0.25, 0.3) is 0 Å². The maximum absolute atomic E-state index is 13.0. The monoisotopic (exact) mass is 204 g/mol. The van der Waals surface area contributed by atoms with E-state index in [4.69, 9.17) is 5.11 Å². The van der Waals surface area contributed by atoms with Crippen molar-refractivity contribution in [3.8, 4) is 0 Å². The smallest absolute Gasteiger partial charge is 0.194 e. The summed E-state index contributed by atoms with van der Waals surface area (Å²) in [7, 11) is 0. The van der Waals surface area contributed by atoms with Gasteiger partial charge in [0.25, 0.3) is 0 Å². The van der Waals surface area contributed by atoms with Gasteiger partial charge in [0, 0.05) is 0 Å². The van der Waals surface area contributed by atoms with Gasteiger partial charge in [-0.3, -0.25) is 0 Å². The van der Waals surface area contributed by atoms with Crippen molar-refractivity contribution < 1.29 is 18.3 Å². The molecule has 0 amide bonds. The summed E-state index contributed by atoms with van der Waals surface area (Å²) in [5, 5.41) is 8.94.